The Kier molecular flexibility index (Phi) is 2.42. The van der Waals surface area contributed by atoms with Crippen LogP contribution in [0.25, 0.3) is 0 Å². The van der Waals surface area contributed by atoms with Crippen molar-refractivity contribution >= 4 is 0 Å². The molecule has 1 heterocycles. The lowest BCUT2D eigenvalue weighted by Crippen LogP contribution is -2.21. The third kappa shape index (κ3) is 2.09. The third-order valence-electron chi connectivity index (χ3n) is 1.50. The molecule has 0 unspecified atom stereocenters. The van der Waals surface area contributed by atoms with Crippen molar-refractivity contribution in [3.63, 3.8) is 0 Å². The van der Waals surface area contributed by atoms with E-state index >= 15 is 0 Å². The topological polar surface area (TPSA) is 58.9 Å². The van der Waals surface area contributed by atoms with Crippen molar-refractivity contribution in [1.82, 2.24) is 4.98 Å². The van der Waals surface area contributed by atoms with Gasteiger partial charge in [0.25, 0.3) is 5.56 Å². The Bertz CT molecular complexity index is 355. The van der Waals surface area contributed by atoms with Gasteiger partial charge in [0.2, 0.25) is 0 Å². The predicted molar refractivity (Wildman–Crippen MR) is 40.0 cm³/mol. The van der Waals surface area contributed by atoms with E-state index in [0.717, 1.165) is 12.3 Å². The summed E-state index contributed by atoms with van der Waals surface area (Å²) >= 11 is 0. The van der Waals surface area contributed by atoms with Crippen LogP contribution < -0.4 is 11.3 Å². The Morgan fingerprint density at radius 1 is 1.46 bits per heavy atom. The summed E-state index contributed by atoms with van der Waals surface area (Å²) in [7, 11) is 0. The zero-order valence-corrected chi connectivity index (χ0v) is 6.48. The van der Waals surface area contributed by atoms with Crippen LogP contribution in [0.3, 0.4) is 0 Å². The van der Waals surface area contributed by atoms with Gasteiger partial charge in [-0.25, -0.2) is 0 Å². The lowest BCUT2D eigenvalue weighted by atomic mass is 10.2. The highest BCUT2D eigenvalue weighted by Crippen LogP contribution is 2.26. The predicted octanol–water partition coefficient (Wildman–Crippen LogP) is 0.852. The van der Waals surface area contributed by atoms with Gasteiger partial charge in [-0.1, -0.05) is 0 Å². The lowest BCUT2D eigenvalue weighted by Gasteiger charge is -2.05. The molecule has 0 bridgehead atoms. The first-order valence-electron chi connectivity index (χ1n) is 3.44. The maximum atomic E-state index is 12.1. The van der Waals surface area contributed by atoms with Crippen molar-refractivity contribution in [1.29, 1.82) is 0 Å². The summed E-state index contributed by atoms with van der Waals surface area (Å²) in [5, 5.41) is 0. The minimum Gasteiger partial charge on any atom is -0.328 e. The number of H-pyrrole nitrogens is 1. The molecule has 1 rings (SSSR count). The Labute approximate surface area is 71.4 Å². The molecule has 72 valence electrons. The number of hydrogen-bond donors (Lipinski definition) is 2. The standard InChI is InChI=1S/C7H7F3N2O/c8-7(9,10)5-1-4(2-11)3-12-6(5)13/h1,3H,2,11H2,(H,12,13). The van der Waals surface area contributed by atoms with E-state index in [1.54, 1.807) is 0 Å². The first kappa shape index (κ1) is 9.79. The fourth-order valence-corrected chi connectivity index (χ4v) is 0.857. The Hall–Kier alpha value is -1.30. The molecule has 0 aliphatic heterocycles. The molecule has 0 aliphatic carbocycles. The molecule has 0 aliphatic rings. The molecule has 3 nitrogen and oxygen atoms in total. The molecule has 0 atom stereocenters. The minimum atomic E-state index is -4.63. The highest BCUT2D eigenvalue weighted by atomic mass is 19.4. The molecule has 0 amide bonds. The van der Waals surface area contributed by atoms with Crippen LogP contribution in [0, 0.1) is 0 Å². The second-order valence-corrected chi connectivity index (χ2v) is 2.45. The van der Waals surface area contributed by atoms with Crippen molar-refractivity contribution in [2.45, 2.75) is 12.7 Å². The molecule has 0 radical (unpaired) electrons. The van der Waals surface area contributed by atoms with Gasteiger partial charge >= 0.3 is 6.18 Å². The molecule has 0 saturated carbocycles. The van der Waals surface area contributed by atoms with E-state index in [9.17, 15) is 18.0 Å². The lowest BCUT2D eigenvalue weighted by molar-refractivity contribution is -0.138. The summed E-state index contributed by atoms with van der Waals surface area (Å²) in [5.41, 5.74) is 3.00. The number of halogens is 3. The number of nitrogens with two attached hydrogens (primary N) is 1. The van der Waals surface area contributed by atoms with Crippen LogP contribution in [0.4, 0.5) is 13.2 Å². The van der Waals surface area contributed by atoms with Crippen LogP contribution in [0.5, 0.6) is 0 Å². The first-order valence-corrected chi connectivity index (χ1v) is 3.44. The van der Waals surface area contributed by atoms with Gasteiger partial charge in [-0.2, -0.15) is 13.2 Å². The average Bonchev–Trinajstić information content (AvgIpc) is 2.03. The molecule has 1 aromatic heterocycles. The van der Waals surface area contributed by atoms with Crippen molar-refractivity contribution in [3.8, 4) is 0 Å². The summed E-state index contributed by atoms with van der Waals surface area (Å²) in [4.78, 5) is 12.7. The van der Waals surface area contributed by atoms with Gasteiger partial charge in [0.1, 0.15) is 5.56 Å². The molecule has 1 aromatic rings. The summed E-state index contributed by atoms with van der Waals surface area (Å²) in [6.07, 6.45) is -3.46. The van der Waals surface area contributed by atoms with Crippen LogP contribution in [0.15, 0.2) is 17.1 Å². The van der Waals surface area contributed by atoms with Crippen LogP contribution in [0.1, 0.15) is 11.1 Å². The number of hydrogen-bond acceptors (Lipinski definition) is 2. The van der Waals surface area contributed by atoms with E-state index in [4.69, 9.17) is 5.73 Å². The van der Waals surface area contributed by atoms with Gasteiger partial charge in [-0.05, 0) is 11.6 Å². The van der Waals surface area contributed by atoms with Crippen molar-refractivity contribution in [2.75, 3.05) is 0 Å². The quantitative estimate of drug-likeness (QED) is 0.693. The van der Waals surface area contributed by atoms with Crippen molar-refractivity contribution in [2.24, 2.45) is 5.73 Å². The van der Waals surface area contributed by atoms with E-state index in [2.05, 4.69) is 0 Å². The Morgan fingerprint density at radius 3 is 2.54 bits per heavy atom. The number of aromatic nitrogens is 1. The molecule has 0 saturated heterocycles. The third-order valence-corrected chi connectivity index (χ3v) is 1.50. The first-order chi connectivity index (χ1) is 5.95. The molecule has 3 N–H and O–H groups in total. The monoisotopic (exact) mass is 192 g/mol. The normalized spacial score (nSPS) is 11.7. The number of pyridine rings is 1. The molecule has 0 aromatic carbocycles. The van der Waals surface area contributed by atoms with Gasteiger partial charge in [0.05, 0.1) is 0 Å². The minimum absolute atomic E-state index is 0.0418. The highest BCUT2D eigenvalue weighted by Gasteiger charge is 2.33. The van der Waals surface area contributed by atoms with E-state index in [1.807, 2.05) is 4.98 Å². The number of rotatable bonds is 1. The van der Waals surface area contributed by atoms with E-state index < -0.39 is 17.3 Å². The van der Waals surface area contributed by atoms with Gasteiger partial charge in [-0.3, -0.25) is 4.79 Å². The van der Waals surface area contributed by atoms with Crippen LogP contribution >= 0.6 is 0 Å². The maximum Gasteiger partial charge on any atom is 0.421 e. The molecular formula is C7H7F3N2O. The summed E-state index contributed by atoms with van der Waals surface area (Å²) in [6, 6.07) is 0.749. The van der Waals surface area contributed by atoms with Crippen LogP contribution in [-0.2, 0) is 12.7 Å². The van der Waals surface area contributed by atoms with E-state index in [1.165, 1.54) is 0 Å². The van der Waals surface area contributed by atoms with Gasteiger partial charge in [0.15, 0.2) is 0 Å². The number of nitrogens with one attached hydrogen (secondary N) is 1. The fourth-order valence-electron chi connectivity index (χ4n) is 0.857. The second-order valence-electron chi connectivity index (χ2n) is 2.45. The highest BCUT2D eigenvalue weighted by molar-refractivity contribution is 5.20. The van der Waals surface area contributed by atoms with Crippen LogP contribution in [0.2, 0.25) is 0 Å². The van der Waals surface area contributed by atoms with Crippen molar-refractivity contribution < 1.29 is 13.2 Å². The number of aromatic amines is 1. The van der Waals surface area contributed by atoms with Crippen LogP contribution in [-0.4, -0.2) is 4.98 Å². The van der Waals surface area contributed by atoms with Crippen molar-refractivity contribution in [3.05, 3.63) is 33.7 Å². The van der Waals surface area contributed by atoms with Gasteiger partial charge < -0.3 is 10.7 Å². The van der Waals surface area contributed by atoms with E-state index in [0.29, 0.717) is 0 Å². The fraction of sp³-hybridized carbons (Fsp3) is 0.286. The SMILES string of the molecule is NCc1c[nH]c(=O)c(C(F)(F)F)c1. The zero-order valence-electron chi connectivity index (χ0n) is 6.48. The summed E-state index contributed by atoms with van der Waals surface area (Å²) in [5.74, 6) is 0. The van der Waals surface area contributed by atoms with Gasteiger partial charge in [-0.15, -0.1) is 0 Å². The molecule has 13 heavy (non-hydrogen) atoms. The Balaban J connectivity index is 3.28. The number of alkyl halides is 3. The molecule has 0 spiro atoms. The molecular weight excluding hydrogens is 185 g/mol. The summed E-state index contributed by atoms with van der Waals surface area (Å²) in [6.45, 7) is -0.0418. The van der Waals surface area contributed by atoms with E-state index in [-0.39, 0.29) is 12.1 Å². The largest absolute Gasteiger partial charge is 0.421 e. The Morgan fingerprint density at radius 2 is 2.08 bits per heavy atom. The smallest absolute Gasteiger partial charge is 0.328 e. The zero-order chi connectivity index (χ0) is 10.1. The summed E-state index contributed by atoms with van der Waals surface area (Å²) < 4.78 is 36.3. The molecule has 0 fully saturated rings. The maximum absolute atomic E-state index is 12.1. The molecule has 6 heteroatoms. The second kappa shape index (κ2) is 3.21. The average molecular weight is 192 g/mol. The van der Waals surface area contributed by atoms with Gasteiger partial charge in [0, 0.05) is 12.7 Å².